The number of likely N-dealkylation sites (tertiary alicyclic amines) is 1. The Morgan fingerprint density at radius 1 is 1.39 bits per heavy atom. The van der Waals surface area contributed by atoms with E-state index in [-0.39, 0.29) is 18.9 Å². The number of amides is 1. The average molecular weight is 330 g/mol. The fourth-order valence-electron chi connectivity index (χ4n) is 2.79. The van der Waals surface area contributed by atoms with Gasteiger partial charge >= 0.3 is 12.1 Å². The molecule has 1 atom stereocenters. The molecule has 1 unspecified atom stereocenters. The Morgan fingerprint density at radius 2 is 2.13 bits per heavy atom. The normalized spacial score (nSPS) is 18.7. The molecule has 1 N–H and O–H groups in total. The van der Waals surface area contributed by atoms with E-state index in [1.54, 1.807) is 0 Å². The molecule has 2 rings (SSSR count). The third-order valence-electron chi connectivity index (χ3n) is 3.93. The zero-order valence-corrected chi connectivity index (χ0v) is 12.3. The maximum Gasteiger partial charge on any atom is 0.418 e. The average Bonchev–Trinajstić information content (AvgIpc) is 2.51. The van der Waals surface area contributed by atoms with Gasteiger partial charge in [0, 0.05) is 31.9 Å². The quantitative estimate of drug-likeness (QED) is 0.921. The van der Waals surface area contributed by atoms with Gasteiger partial charge in [-0.05, 0) is 31.2 Å². The van der Waals surface area contributed by atoms with E-state index in [1.807, 2.05) is 0 Å². The largest absolute Gasteiger partial charge is 0.481 e. The molecule has 0 bridgehead atoms. The molecule has 0 radical (unpaired) electrons. The zero-order chi connectivity index (χ0) is 17.0. The molecular weight excluding hydrogens is 313 g/mol. The van der Waals surface area contributed by atoms with E-state index in [4.69, 9.17) is 5.11 Å². The van der Waals surface area contributed by atoms with Crippen LogP contribution in [0.4, 0.5) is 13.2 Å². The van der Waals surface area contributed by atoms with Crippen LogP contribution in [-0.2, 0) is 11.0 Å². The number of halogens is 3. The molecule has 1 saturated heterocycles. The minimum absolute atomic E-state index is 0.0000241. The Morgan fingerprint density at radius 3 is 2.78 bits per heavy atom. The predicted molar refractivity (Wildman–Crippen MR) is 74.7 cm³/mol. The van der Waals surface area contributed by atoms with Gasteiger partial charge in [0.2, 0.25) is 0 Å². The van der Waals surface area contributed by atoms with Crippen LogP contribution in [-0.4, -0.2) is 40.0 Å². The van der Waals surface area contributed by atoms with E-state index in [9.17, 15) is 22.8 Å². The van der Waals surface area contributed by atoms with Crippen LogP contribution in [0, 0.1) is 5.92 Å². The van der Waals surface area contributed by atoms with Crippen molar-refractivity contribution in [3.05, 3.63) is 29.6 Å². The molecule has 0 saturated carbocycles. The summed E-state index contributed by atoms with van der Waals surface area (Å²) < 4.78 is 39.0. The van der Waals surface area contributed by atoms with Gasteiger partial charge in [-0.2, -0.15) is 13.2 Å². The summed E-state index contributed by atoms with van der Waals surface area (Å²) >= 11 is 0. The number of piperidine rings is 1. The number of rotatable bonds is 4. The van der Waals surface area contributed by atoms with Crippen molar-refractivity contribution < 1.29 is 27.9 Å². The van der Waals surface area contributed by atoms with Crippen LogP contribution < -0.4 is 0 Å². The molecule has 2 heterocycles. The molecular formula is C15H17F3N2O3. The highest BCUT2D eigenvalue weighted by molar-refractivity contribution is 5.95. The Kier molecular flexibility index (Phi) is 5.23. The molecule has 1 aliphatic rings. The van der Waals surface area contributed by atoms with Gasteiger partial charge in [0.15, 0.2) is 0 Å². The second-order valence-electron chi connectivity index (χ2n) is 5.61. The number of carboxylic acids is 1. The standard InChI is InChI=1S/C15H17F3N2O3/c16-15(17,18)12-8-19-6-5-11(12)14(23)20-7-1-2-10(9-20)3-4-13(21)22/h5-6,8,10H,1-4,7,9H2,(H,21,22). The number of nitrogens with zero attached hydrogens (tertiary/aromatic N) is 2. The summed E-state index contributed by atoms with van der Waals surface area (Å²) in [6.45, 7) is 0.660. The summed E-state index contributed by atoms with van der Waals surface area (Å²) in [5.41, 5.74) is -1.45. The van der Waals surface area contributed by atoms with Crippen LogP contribution in [0.25, 0.3) is 0 Å². The summed E-state index contributed by atoms with van der Waals surface area (Å²) in [6, 6.07) is 1.08. The van der Waals surface area contributed by atoms with Crippen LogP contribution in [0.15, 0.2) is 18.5 Å². The molecule has 1 aromatic rings. The second-order valence-corrected chi connectivity index (χ2v) is 5.61. The fourth-order valence-corrected chi connectivity index (χ4v) is 2.79. The Balaban J connectivity index is 2.13. The minimum atomic E-state index is -4.64. The van der Waals surface area contributed by atoms with E-state index in [1.165, 1.54) is 4.90 Å². The Hall–Kier alpha value is -2.12. The topological polar surface area (TPSA) is 70.5 Å². The molecule has 0 aromatic carbocycles. The molecule has 5 nitrogen and oxygen atoms in total. The van der Waals surface area contributed by atoms with Crippen molar-refractivity contribution in [1.29, 1.82) is 0 Å². The van der Waals surface area contributed by atoms with Gasteiger partial charge in [-0.3, -0.25) is 14.6 Å². The number of hydrogen-bond acceptors (Lipinski definition) is 3. The van der Waals surface area contributed by atoms with Crippen molar-refractivity contribution >= 4 is 11.9 Å². The smallest absolute Gasteiger partial charge is 0.418 e. The van der Waals surface area contributed by atoms with Crippen molar-refractivity contribution in [2.24, 2.45) is 5.92 Å². The highest BCUT2D eigenvalue weighted by Crippen LogP contribution is 2.32. The number of aliphatic carboxylic acids is 1. The van der Waals surface area contributed by atoms with E-state index in [0.717, 1.165) is 18.7 Å². The maximum absolute atomic E-state index is 13.0. The lowest BCUT2D eigenvalue weighted by Gasteiger charge is -2.33. The van der Waals surface area contributed by atoms with Gasteiger partial charge in [0.25, 0.3) is 5.91 Å². The van der Waals surface area contributed by atoms with Gasteiger partial charge in [0.05, 0.1) is 11.1 Å². The van der Waals surface area contributed by atoms with E-state index in [2.05, 4.69) is 4.98 Å². The minimum Gasteiger partial charge on any atom is -0.481 e. The van der Waals surface area contributed by atoms with E-state index < -0.39 is 29.2 Å². The van der Waals surface area contributed by atoms with Gasteiger partial charge < -0.3 is 10.0 Å². The third kappa shape index (κ3) is 4.43. The summed E-state index contributed by atoms with van der Waals surface area (Å²) in [5, 5.41) is 8.71. The lowest BCUT2D eigenvalue weighted by atomic mass is 9.93. The van der Waals surface area contributed by atoms with Crippen molar-refractivity contribution in [3.8, 4) is 0 Å². The third-order valence-corrected chi connectivity index (χ3v) is 3.93. The fraction of sp³-hybridized carbons (Fsp3) is 0.533. The van der Waals surface area contributed by atoms with Gasteiger partial charge in [-0.25, -0.2) is 0 Å². The van der Waals surface area contributed by atoms with Crippen LogP contribution in [0.5, 0.6) is 0 Å². The first-order valence-electron chi connectivity index (χ1n) is 7.31. The summed E-state index contributed by atoms with van der Waals surface area (Å²) in [7, 11) is 0. The molecule has 1 aromatic heterocycles. The number of carboxylic acid groups (broad SMARTS) is 1. The molecule has 1 amide bonds. The Bertz CT molecular complexity index is 590. The number of hydrogen-bond donors (Lipinski definition) is 1. The Labute approximate surface area is 131 Å². The van der Waals surface area contributed by atoms with Crippen molar-refractivity contribution in [2.75, 3.05) is 13.1 Å². The summed E-state index contributed by atoms with van der Waals surface area (Å²) in [4.78, 5) is 27.9. The monoisotopic (exact) mass is 330 g/mol. The first-order valence-corrected chi connectivity index (χ1v) is 7.31. The number of carbonyl (C=O) groups is 2. The number of alkyl halides is 3. The van der Waals surface area contributed by atoms with Crippen LogP contribution in [0.1, 0.15) is 41.6 Å². The maximum atomic E-state index is 13.0. The molecule has 0 spiro atoms. The zero-order valence-electron chi connectivity index (χ0n) is 12.3. The lowest BCUT2D eigenvalue weighted by Crippen LogP contribution is -2.40. The number of carbonyl (C=O) groups excluding carboxylic acids is 1. The van der Waals surface area contributed by atoms with Crippen molar-refractivity contribution in [2.45, 2.75) is 31.9 Å². The summed E-state index contributed by atoms with van der Waals surface area (Å²) in [6.07, 6.45) is -0.982. The van der Waals surface area contributed by atoms with E-state index in [0.29, 0.717) is 25.6 Å². The highest BCUT2D eigenvalue weighted by atomic mass is 19.4. The molecule has 126 valence electrons. The molecule has 8 heteroatoms. The number of aromatic nitrogens is 1. The van der Waals surface area contributed by atoms with Gasteiger partial charge in [0.1, 0.15) is 0 Å². The molecule has 23 heavy (non-hydrogen) atoms. The first kappa shape index (κ1) is 17.2. The summed E-state index contributed by atoms with van der Waals surface area (Å²) in [5.74, 6) is -1.60. The molecule has 1 fully saturated rings. The van der Waals surface area contributed by atoms with Crippen molar-refractivity contribution in [3.63, 3.8) is 0 Å². The lowest BCUT2D eigenvalue weighted by molar-refractivity contribution is -0.139. The molecule has 1 aliphatic heterocycles. The first-order chi connectivity index (χ1) is 10.8. The predicted octanol–water partition coefficient (Wildman–Crippen LogP) is 2.82. The van der Waals surface area contributed by atoms with E-state index >= 15 is 0 Å². The second kappa shape index (κ2) is 6.97. The van der Waals surface area contributed by atoms with Gasteiger partial charge in [-0.15, -0.1) is 0 Å². The SMILES string of the molecule is O=C(O)CCC1CCCN(C(=O)c2ccncc2C(F)(F)F)C1. The van der Waals surface area contributed by atoms with Crippen LogP contribution in [0.3, 0.4) is 0 Å². The van der Waals surface area contributed by atoms with Crippen LogP contribution >= 0.6 is 0 Å². The number of pyridine rings is 1. The van der Waals surface area contributed by atoms with Crippen LogP contribution in [0.2, 0.25) is 0 Å². The molecule has 0 aliphatic carbocycles. The van der Waals surface area contributed by atoms with Gasteiger partial charge in [-0.1, -0.05) is 0 Å². The van der Waals surface area contributed by atoms with Crippen molar-refractivity contribution in [1.82, 2.24) is 9.88 Å². The highest BCUT2D eigenvalue weighted by Gasteiger charge is 2.37.